The Balaban J connectivity index is -0.000000101. The lowest BCUT2D eigenvalue weighted by atomic mass is 10.1. The summed E-state index contributed by atoms with van der Waals surface area (Å²) < 4.78 is 0. The molecule has 0 aromatic heterocycles. The van der Waals surface area contributed by atoms with Crippen LogP contribution in [0.25, 0.3) is 0 Å². The summed E-state index contributed by atoms with van der Waals surface area (Å²) in [6, 6.07) is 0.304. The Morgan fingerprint density at radius 1 is 0.625 bits per heavy atom. The van der Waals surface area contributed by atoms with E-state index in [1.807, 2.05) is 0 Å². The van der Waals surface area contributed by atoms with Crippen LogP contribution in [-0.2, 0) is 0 Å². The van der Waals surface area contributed by atoms with Crippen molar-refractivity contribution in [3.05, 3.63) is 0 Å². The molecule has 2 unspecified atom stereocenters. The lowest BCUT2D eigenvalue weighted by molar-refractivity contribution is 0.521. The summed E-state index contributed by atoms with van der Waals surface area (Å²) in [6.07, 6.45) is 4.19. The predicted molar refractivity (Wildman–Crippen MR) is 81.5 cm³/mol. The minimum atomic E-state index is 0. The van der Waals surface area contributed by atoms with Crippen LogP contribution >= 0.6 is 49.6 Å². The van der Waals surface area contributed by atoms with Gasteiger partial charge in [-0.3, -0.25) is 0 Å². The molecule has 2 atom stereocenters. The van der Waals surface area contributed by atoms with Crippen molar-refractivity contribution in [1.82, 2.24) is 0 Å². The minimum absolute atomic E-state index is 0. The molecule has 0 aliphatic heterocycles. The van der Waals surface area contributed by atoms with E-state index >= 15 is 0 Å². The molecule has 0 spiro atoms. The van der Waals surface area contributed by atoms with E-state index in [1.54, 1.807) is 0 Å². The Hall–Kier alpha value is 1.000. The smallest absolute Gasteiger partial charge is 0.0163 e. The maximum Gasteiger partial charge on any atom is 0.0163 e. The molecule has 0 heterocycles. The molecule has 0 fully saturated rings. The third-order valence-corrected chi connectivity index (χ3v) is 2.01. The van der Waals surface area contributed by atoms with Crippen molar-refractivity contribution >= 4 is 49.6 Å². The molecule has 0 saturated heterocycles. The van der Waals surface area contributed by atoms with Gasteiger partial charge in [-0.25, -0.2) is 0 Å². The molecular weight excluding hydrogens is 294 g/mol. The van der Waals surface area contributed by atoms with Gasteiger partial charge in [0.2, 0.25) is 0 Å². The molecule has 0 amide bonds. The van der Waals surface area contributed by atoms with Crippen molar-refractivity contribution < 1.29 is 0 Å². The normalized spacial score (nSPS) is 12.0. The fourth-order valence-corrected chi connectivity index (χ4v) is 1.05. The number of hydrogen-bond acceptors (Lipinski definition) is 4. The molecule has 106 valence electrons. The molecule has 0 radical (unpaired) electrons. The van der Waals surface area contributed by atoms with Crippen molar-refractivity contribution in [3.63, 3.8) is 0 Å². The summed E-state index contributed by atoms with van der Waals surface area (Å²) in [5.41, 5.74) is 22.0. The van der Waals surface area contributed by atoms with Gasteiger partial charge in [-0.2, -0.15) is 0 Å². The Kier molecular flexibility index (Phi) is 40.2. The first-order valence-corrected chi connectivity index (χ1v) is 4.62. The molecule has 0 aromatic carbocycles. The zero-order chi connectivity index (χ0) is 9.40. The number of halogens is 4. The van der Waals surface area contributed by atoms with Gasteiger partial charge in [0.1, 0.15) is 0 Å². The van der Waals surface area contributed by atoms with Crippen molar-refractivity contribution in [2.75, 3.05) is 13.1 Å². The topological polar surface area (TPSA) is 104 Å². The number of rotatable bonds is 7. The zero-order valence-corrected chi connectivity index (χ0v) is 12.6. The molecule has 0 rings (SSSR count). The Morgan fingerprint density at radius 2 is 0.875 bits per heavy atom. The van der Waals surface area contributed by atoms with Gasteiger partial charge in [0.25, 0.3) is 0 Å². The van der Waals surface area contributed by atoms with E-state index in [4.69, 9.17) is 22.9 Å². The highest BCUT2D eigenvalue weighted by Gasteiger charge is 2.01. The summed E-state index contributed by atoms with van der Waals surface area (Å²) in [6.45, 7) is 1.14. The average Bonchev–Trinajstić information content (AvgIpc) is 2.11. The van der Waals surface area contributed by atoms with Gasteiger partial charge in [0.05, 0.1) is 0 Å². The first kappa shape index (κ1) is 30.2. The number of hydrogen-bond donors (Lipinski definition) is 4. The predicted octanol–water partition coefficient (Wildman–Crippen LogP) is 0.806. The quantitative estimate of drug-likeness (QED) is 0.521. The molecule has 0 aliphatic rings. The Labute approximate surface area is 123 Å². The maximum absolute atomic E-state index is 5.64. The standard InChI is InChI=1S/C8H22N4.4ClH/c9-5-7(11)3-1-2-4-8(12)6-10;;;;/h7-8H,1-6,9-12H2;4*1H. The van der Waals surface area contributed by atoms with E-state index in [1.165, 1.54) is 0 Å². The second kappa shape index (κ2) is 21.3. The number of nitrogens with two attached hydrogens (primary N) is 4. The maximum atomic E-state index is 5.64. The summed E-state index contributed by atoms with van der Waals surface area (Å²) in [4.78, 5) is 0. The summed E-state index contributed by atoms with van der Waals surface area (Å²) >= 11 is 0. The van der Waals surface area contributed by atoms with Crippen molar-refractivity contribution in [2.45, 2.75) is 37.8 Å². The third-order valence-electron chi connectivity index (χ3n) is 2.01. The summed E-state index contributed by atoms with van der Waals surface area (Å²) in [7, 11) is 0. The van der Waals surface area contributed by atoms with Gasteiger partial charge in [0, 0.05) is 25.2 Å². The third kappa shape index (κ3) is 20.4. The van der Waals surface area contributed by atoms with Crippen molar-refractivity contribution in [3.8, 4) is 0 Å². The van der Waals surface area contributed by atoms with Crippen molar-refractivity contribution in [1.29, 1.82) is 0 Å². The highest BCUT2D eigenvalue weighted by molar-refractivity contribution is 5.86. The number of unbranched alkanes of at least 4 members (excludes halogenated alkanes) is 1. The van der Waals surface area contributed by atoms with Crippen LogP contribution in [0.4, 0.5) is 0 Å². The summed E-state index contributed by atoms with van der Waals surface area (Å²) in [5.74, 6) is 0. The van der Waals surface area contributed by atoms with Gasteiger partial charge in [-0.15, -0.1) is 49.6 Å². The second-order valence-electron chi connectivity index (χ2n) is 3.28. The lowest BCUT2D eigenvalue weighted by Crippen LogP contribution is -2.30. The monoisotopic (exact) mass is 318 g/mol. The van der Waals surface area contributed by atoms with Crippen LogP contribution in [0, 0.1) is 0 Å². The molecule has 0 saturated carbocycles. The Morgan fingerprint density at radius 3 is 1.06 bits per heavy atom. The summed E-state index contributed by atoms with van der Waals surface area (Å²) in [5, 5.41) is 0. The minimum Gasteiger partial charge on any atom is -0.329 e. The van der Waals surface area contributed by atoms with E-state index in [0.29, 0.717) is 13.1 Å². The van der Waals surface area contributed by atoms with Crippen LogP contribution < -0.4 is 22.9 Å². The van der Waals surface area contributed by atoms with E-state index in [9.17, 15) is 0 Å². The molecular formula is C8H26Cl4N4. The van der Waals surface area contributed by atoms with Gasteiger partial charge in [-0.05, 0) is 12.8 Å². The molecule has 8 N–H and O–H groups in total. The van der Waals surface area contributed by atoms with Gasteiger partial charge >= 0.3 is 0 Å². The second-order valence-corrected chi connectivity index (χ2v) is 3.28. The molecule has 4 nitrogen and oxygen atoms in total. The van der Waals surface area contributed by atoms with Crippen LogP contribution in [0.15, 0.2) is 0 Å². The Bertz CT molecular complexity index is 98.0. The van der Waals surface area contributed by atoms with Crippen LogP contribution in [-0.4, -0.2) is 25.2 Å². The van der Waals surface area contributed by atoms with E-state index < -0.39 is 0 Å². The van der Waals surface area contributed by atoms with Crippen LogP contribution in [0.3, 0.4) is 0 Å². The van der Waals surface area contributed by atoms with Gasteiger partial charge < -0.3 is 22.9 Å². The van der Waals surface area contributed by atoms with Gasteiger partial charge in [0.15, 0.2) is 0 Å². The molecule has 0 aliphatic carbocycles. The fourth-order valence-electron chi connectivity index (χ4n) is 1.05. The first-order chi connectivity index (χ1) is 5.70. The van der Waals surface area contributed by atoms with Crippen LogP contribution in [0.1, 0.15) is 25.7 Å². The fraction of sp³-hybridized carbons (Fsp3) is 1.00. The van der Waals surface area contributed by atoms with Gasteiger partial charge in [-0.1, -0.05) is 12.8 Å². The zero-order valence-electron chi connectivity index (χ0n) is 9.34. The van der Waals surface area contributed by atoms with Crippen LogP contribution in [0.5, 0.6) is 0 Å². The van der Waals surface area contributed by atoms with Crippen molar-refractivity contribution in [2.24, 2.45) is 22.9 Å². The van der Waals surface area contributed by atoms with E-state index in [0.717, 1.165) is 25.7 Å². The van der Waals surface area contributed by atoms with Crippen LogP contribution in [0.2, 0.25) is 0 Å². The molecule has 8 heteroatoms. The first-order valence-electron chi connectivity index (χ1n) is 4.62. The SMILES string of the molecule is Cl.Cl.Cl.Cl.NCC(N)CCCCC(N)CN. The average molecular weight is 320 g/mol. The lowest BCUT2D eigenvalue weighted by Gasteiger charge is -2.10. The molecule has 0 bridgehead atoms. The highest BCUT2D eigenvalue weighted by Crippen LogP contribution is 2.02. The largest absolute Gasteiger partial charge is 0.329 e. The molecule has 16 heavy (non-hydrogen) atoms. The van der Waals surface area contributed by atoms with E-state index in [2.05, 4.69) is 0 Å². The highest BCUT2D eigenvalue weighted by atomic mass is 35.5. The molecule has 0 aromatic rings. The van der Waals surface area contributed by atoms with E-state index in [-0.39, 0.29) is 61.7 Å².